The van der Waals surface area contributed by atoms with Crippen molar-refractivity contribution >= 4 is 33.0 Å². The van der Waals surface area contributed by atoms with Crippen molar-refractivity contribution in [2.45, 2.75) is 50.3 Å². The zero-order chi connectivity index (χ0) is 19.3. The van der Waals surface area contributed by atoms with Crippen LogP contribution in [0.3, 0.4) is 0 Å². The van der Waals surface area contributed by atoms with E-state index < -0.39 is 10.0 Å². The van der Waals surface area contributed by atoms with E-state index in [0.717, 1.165) is 49.9 Å². The van der Waals surface area contributed by atoms with E-state index in [1.807, 2.05) is 22.4 Å². The maximum atomic E-state index is 12.7. The molecule has 0 radical (unpaired) electrons. The number of aryl methyl sites for hydroxylation is 1. The van der Waals surface area contributed by atoms with Crippen molar-refractivity contribution in [1.29, 1.82) is 0 Å². The summed E-state index contributed by atoms with van der Waals surface area (Å²) >= 11 is 1.40. The summed E-state index contributed by atoms with van der Waals surface area (Å²) in [5.74, 6) is 0.0671. The van der Waals surface area contributed by atoms with Crippen molar-refractivity contribution in [2.24, 2.45) is 0 Å². The Morgan fingerprint density at radius 2 is 1.81 bits per heavy atom. The predicted molar refractivity (Wildman–Crippen MR) is 110 cm³/mol. The van der Waals surface area contributed by atoms with Crippen molar-refractivity contribution in [3.63, 3.8) is 0 Å². The maximum Gasteiger partial charge on any atom is 0.261 e. The second-order valence-electron chi connectivity index (χ2n) is 6.93. The number of sulfonamides is 1. The fourth-order valence-electron chi connectivity index (χ4n) is 3.30. The van der Waals surface area contributed by atoms with Gasteiger partial charge in [-0.1, -0.05) is 25.5 Å². The zero-order valence-corrected chi connectivity index (χ0v) is 17.2. The van der Waals surface area contributed by atoms with Crippen LogP contribution in [0.25, 0.3) is 0 Å². The molecule has 7 heteroatoms. The summed E-state index contributed by atoms with van der Waals surface area (Å²) in [6.07, 6.45) is 5.45. The van der Waals surface area contributed by atoms with E-state index in [2.05, 4.69) is 11.6 Å². The average Bonchev–Trinajstić information content (AvgIpc) is 3.09. The largest absolute Gasteiger partial charge is 0.342 e. The fraction of sp³-hybridized carbons (Fsp3) is 0.450. The highest BCUT2D eigenvalue weighted by molar-refractivity contribution is 7.92. The van der Waals surface area contributed by atoms with Gasteiger partial charge in [0.25, 0.3) is 10.0 Å². The van der Waals surface area contributed by atoms with E-state index in [1.165, 1.54) is 17.8 Å². The van der Waals surface area contributed by atoms with Gasteiger partial charge in [-0.3, -0.25) is 9.52 Å². The minimum Gasteiger partial charge on any atom is -0.342 e. The Bertz CT molecular complexity index is 867. The van der Waals surface area contributed by atoms with Crippen molar-refractivity contribution in [1.82, 2.24) is 4.90 Å². The molecular weight excluding hydrogens is 380 g/mol. The average molecular weight is 407 g/mol. The number of likely N-dealkylation sites (tertiary alicyclic amines) is 1. The van der Waals surface area contributed by atoms with Gasteiger partial charge in [0, 0.05) is 18.5 Å². The van der Waals surface area contributed by atoms with E-state index in [9.17, 15) is 13.2 Å². The molecule has 1 fully saturated rings. The van der Waals surface area contributed by atoms with Gasteiger partial charge in [-0.15, -0.1) is 11.3 Å². The molecule has 0 bridgehead atoms. The van der Waals surface area contributed by atoms with Crippen LogP contribution in [-0.2, 0) is 27.7 Å². The van der Waals surface area contributed by atoms with Crippen LogP contribution >= 0.6 is 11.3 Å². The minimum absolute atomic E-state index is 0.0671. The molecule has 1 N–H and O–H groups in total. The highest BCUT2D eigenvalue weighted by Gasteiger charge is 2.21. The van der Waals surface area contributed by atoms with E-state index in [-0.39, 0.29) is 17.2 Å². The number of anilines is 1. The molecule has 3 rings (SSSR count). The lowest BCUT2D eigenvalue weighted by molar-refractivity contribution is -0.131. The number of piperidine rings is 1. The van der Waals surface area contributed by atoms with Crippen LogP contribution in [0, 0.1) is 0 Å². The first-order valence-corrected chi connectivity index (χ1v) is 11.9. The van der Waals surface area contributed by atoms with Crippen molar-refractivity contribution in [3.8, 4) is 0 Å². The van der Waals surface area contributed by atoms with E-state index >= 15 is 0 Å². The lowest BCUT2D eigenvalue weighted by Gasteiger charge is -2.26. The Kier molecular flexibility index (Phi) is 6.55. The molecule has 0 spiro atoms. The van der Waals surface area contributed by atoms with Crippen molar-refractivity contribution in [2.75, 3.05) is 17.8 Å². The third-order valence-electron chi connectivity index (χ3n) is 4.81. The van der Waals surface area contributed by atoms with E-state index in [4.69, 9.17) is 0 Å². The van der Waals surface area contributed by atoms with Gasteiger partial charge in [0.05, 0.1) is 17.0 Å². The molecule has 0 aliphatic carbocycles. The summed E-state index contributed by atoms with van der Waals surface area (Å²) in [5, 5.41) is 3.60. The number of carbonyl (C=O) groups excluding carboxylic acids is 1. The van der Waals surface area contributed by atoms with Crippen molar-refractivity contribution in [3.05, 3.63) is 46.2 Å². The minimum atomic E-state index is -3.67. The number of nitrogens with one attached hydrogen (secondary N) is 1. The Hall–Kier alpha value is -1.86. The molecule has 1 amide bonds. The zero-order valence-electron chi connectivity index (χ0n) is 15.6. The van der Waals surface area contributed by atoms with Crippen molar-refractivity contribution < 1.29 is 13.2 Å². The van der Waals surface area contributed by atoms with Gasteiger partial charge < -0.3 is 4.90 Å². The molecule has 2 heterocycles. The molecule has 146 valence electrons. The summed E-state index contributed by atoms with van der Waals surface area (Å²) in [4.78, 5) is 14.6. The van der Waals surface area contributed by atoms with Gasteiger partial charge in [-0.2, -0.15) is 0 Å². The molecule has 1 saturated heterocycles. The first kappa shape index (κ1) is 19.9. The Balaban J connectivity index is 1.70. The third kappa shape index (κ3) is 5.11. The van der Waals surface area contributed by atoms with Crippen LogP contribution in [0.2, 0.25) is 0 Å². The highest BCUT2D eigenvalue weighted by Crippen LogP contribution is 2.26. The second kappa shape index (κ2) is 8.89. The summed E-state index contributed by atoms with van der Waals surface area (Å²) in [7, 11) is -3.67. The van der Waals surface area contributed by atoms with E-state index in [1.54, 1.807) is 17.5 Å². The van der Waals surface area contributed by atoms with Crippen LogP contribution < -0.4 is 4.72 Å². The standard InChI is InChI=1S/C20H26N2O3S2/c1-2-6-16-7-9-18(10-8-16)27(24,25)21-19-15-26-14-17(19)13-20(23)22-11-4-3-5-12-22/h7-10,14-15,21H,2-6,11-13H2,1H3. The lowest BCUT2D eigenvalue weighted by atomic mass is 10.1. The molecule has 1 aliphatic rings. The summed E-state index contributed by atoms with van der Waals surface area (Å²) in [6, 6.07) is 6.98. The Morgan fingerprint density at radius 1 is 1.11 bits per heavy atom. The first-order chi connectivity index (χ1) is 13.0. The number of nitrogens with zero attached hydrogens (tertiary/aromatic N) is 1. The molecule has 1 aromatic heterocycles. The quantitative estimate of drug-likeness (QED) is 0.754. The van der Waals surface area contributed by atoms with Crippen LogP contribution in [0.5, 0.6) is 0 Å². The van der Waals surface area contributed by atoms with Gasteiger partial charge in [-0.05, 0) is 54.3 Å². The number of carbonyl (C=O) groups is 1. The topological polar surface area (TPSA) is 66.5 Å². The van der Waals surface area contributed by atoms with Crippen LogP contribution in [0.15, 0.2) is 39.9 Å². The summed E-state index contributed by atoms with van der Waals surface area (Å²) < 4.78 is 28.1. The second-order valence-corrected chi connectivity index (χ2v) is 9.35. The number of rotatable bonds is 7. The van der Waals surface area contributed by atoms with Crippen LogP contribution in [0.1, 0.15) is 43.7 Å². The van der Waals surface area contributed by atoms with Crippen LogP contribution in [0.4, 0.5) is 5.69 Å². The third-order valence-corrected chi connectivity index (χ3v) is 6.98. The number of benzene rings is 1. The Labute approximate surface area is 165 Å². The number of thiophene rings is 1. The summed E-state index contributed by atoms with van der Waals surface area (Å²) in [6.45, 7) is 3.69. The van der Waals surface area contributed by atoms with Gasteiger partial charge in [0.15, 0.2) is 0 Å². The van der Waals surface area contributed by atoms with Crippen LogP contribution in [-0.4, -0.2) is 32.3 Å². The molecule has 0 saturated carbocycles. The first-order valence-electron chi connectivity index (χ1n) is 9.44. The summed E-state index contributed by atoms with van der Waals surface area (Å²) in [5.41, 5.74) is 2.37. The molecule has 27 heavy (non-hydrogen) atoms. The molecular formula is C20H26N2O3S2. The molecule has 1 aliphatic heterocycles. The molecule has 2 aromatic rings. The molecule has 0 unspecified atom stereocenters. The van der Waals surface area contributed by atoms with Gasteiger partial charge in [0.2, 0.25) is 5.91 Å². The Morgan fingerprint density at radius 3 is 2.48 bits per heavy atom. The smallest absolute Gasteiger partial charge is 0.261 e. The van der Waals surface area contributed by atoms with E-state index in [0.29, 0.717) is 5.69 Å². The predicted octanol–water partition coefficient (Wildman–Crippen LogP) is 4.06. The van der Waals surface area contributed by atoms with Gasteiger partial charge >= 0.3 is 0 Å². The van der Waals surface area contributed by atoms with Gasteiger partial charge in [0.1, 0.15) is 0 Å². The molecule has 0 atom stereocenters. The molecule has 5 nitrogen and oxygen atoms in total. The maximum absolute atomic E-state index is 12.7. The highest BCUT2D eigenvalue weighted by atomic mass is 32.2. The fourth-order valence-corrected chi connectivity index (χ4v) is 5.25. The SMILES string of the molecule is CCCc1ccc(S(=O)(=O)Nc2cscc2CC(=O)N2CCCCC2)cc1. The number of hydrogen-bond donors (Lipinski definition) is 1. The monoisotopic (exact) mass is 406 g/mol. The number of amides is 1. The normalized spacial score (nSPS) is 14.9. The molecule has 1 aromatic carbocycles. The van der Waals surface area contributed by atoms with Gasteiger partial charge in [-0.25, -0.2) is 8.42 Å². The lowest BCUT2D eigenvalue weighted by Crippen LogP contribution is -2.36. The number of hydrogen-bond acceptors (Lipinski definition) is 4.